The van der Waals surface area contributed by atoms with E-state index in [1.807, 2.05) is 12.1 Å². The molecule has 0 fully saturated rings. The number of benzene rings is 2. The highest BCUT2D eigenvalue weighted by Gasteiger charge is 2.11. The van der Waals surface area contributed by atoms with Gasteiger partial charge in [-0.2, -0.15) is 0 Å². The van der Waals surface area contributed by atoms with Gasteiger partial charge in [-0.25, -0.2) is 0 Å². The molecule has 3 rings (SSSR count). The zero-order chi connectivity index (χ0) is 13.9. The van der Waals surface area contributed by atoms with E-state index in [2.05, 4.69) is 12.1 Å². The fourth-order valence-electron chi connectivity index (χ4n) is 2.56. The first-order chi connectivity index (χ1) is 9.72. The second-order valence-corrected chi connectivity index (χ2v) is 5.00. The summed E-state index contributed by atoms with van der Waals surface area (Å²) in [5.74, 6) is 0.831. The monoisotopic (exact) mass is 269 g/mol. The first-order valence-corrected chi connectivity index (χ1v) is 6.70. The lowest BCUT2D eigenvalue weighted by Crippen LogP contribution is -1.97. The third-order valence-corrected chi connectivity index (χ3v) is 3.60. The summed E-state index contributed by atoms with van der Waals surface area (Å²) in [4.78, 5) is 10.3. The summed E-state index contributed by atoms with van der Waals surface area (Å²) in [7, 11) is 0. The van der Waals surface area contributed by atoms with Crippen LogP contribution in [0.5, 0.6) is 5.75 Å². The van der Waals surface area contributed by atoms with Gasteiger partial charge >= 0.3 is 0 Å². The molecule has 20 heavy (non-hydrogen) atoms. The van der Waals surface area contributed by atoms with Crippen molar-refractivity contribution in [1.82, 2.24) is 0 Å². The summed E-state index contributed by atoms with van der Waals surface area (Å²) in [5, 5.41) is 10.7. The van der Waals surface area contributed by atoms with Crippen molar-refractivity contribution in [3.63, 3.8) is 0 Å². The van der Waals surface area contributed by atoms with E-state index in [0.717, 1.165) is 24.2 Å². The van der Waals surface area contributed by atoms with Gasteiger partial charge in [0.25, 0.3) is 5.69 Å². The summed E-state index contributed by atoms with van der Waals surface area (Å²) in [6, 6.07) is 12.7. The molecule has 4 heteroatoms. The van der Waals surface area contributed by atoms with Crippen molar-refractivity contribution >= 4 is 5.69 Å². The number of rotatable bonds is 4. The summed E-state index contributed by atoms with van der Waals surface area (Å²) >= 11 is 0. The Morgan fingerprint density at radius 2 is 1.95 bits per heavy atom. The Hall–Kier alpha value is -2.36. The highest BCUT2D eigenvalue weighted by Crippen LogP contribution is 2.26. The van der Waals surface area contributed by atoms with Crippen LogP contribution < -0.4 is 4.74 Å². The van der Waals surface area contributed by atoms with Crippen molar-refractivity contribution in [2.24, 2.45) is 0 Å². The van der Waals surface area contributed by atoms with E-state index in [4.69, 9.17) is 4.74 Å². The SMILES string of the molecule is O=[N+]([O-])c1cccc(COc2ccc3c(c2)CCC3)c1. The van der Waals surface area contributed by atoms with Gasteiger partial charge in [-0.1, -0.05) is 18.2 Å². The highest BCUT2D eigenvalue weighted by molar-refractivity contribution is 5.39. The zero-order valence-electron chi connectivity index (χ0n) is 11.0. The molecule has 0 saturated heterocycles. The molecule has 0 heterocycles. The van der Waals surface area contributed by atoms with Crippen LogP contribution in [0.1, 0.15) is 23.1 Å². The Bertz CT molecular complexity index is 652. The molecule has 2 aromatic carbocycles. The lowest BCUT2D eigenvalue weighted by molar-refractivity contribution is -0.384. The number of nitrogens with zero attached hydrogens (tertiary/aromatic N) is 1. The molecule has 0 radical (unpaired) electrons. The molecule has 0 N–H and O–H groups in total. The second kappa shape index (κ2) is 5.33. The Morgan fingerprint density at radius 1 is 1.10 bits per heavy atom. The predicted octanol–water partition coefficient (Wildman–Crippen LogP) is 3.66. The van der Waals surface area contributed by atoms with Crippen LogP contribution in [0.4, 0.5) is 5.69 Å². The topological polar surface area (TPSA) is 52.4 Å². The van der Waals surface area contributed by atoms with Gasteiger partial charge in [0.05, 0.1) is 4.92 Å². The van der Waals surface area contributed by atoms with Gasteiger partial charge in [0, 0.05) is 12.1 Å². The highest BCUT2D eigenvalue weighted by atomic mass is 16.6. The lowest BCUT2D eigenvalue weighted by atomic mass is 10.1. The maximum absolute atomic E-state index is 10.7. The van der Waals surface area contributed by atoms with E-state index in [1.54, 1.807) is 12.1 Å². The van der Waals surface area contributed by atoms with Gasteiger partial charge in [-0.15, -0.1) is 0 Å². The van der Waals surface area contributed by atoms with Crippen LogP contribution >= 0.6 is 0 Å². The third kappa shape index (κ3) is 2.64. The van der Waals surface area contributed by atoms with Crippen LogP contribution in [-0.4, -0.2) is 4.92 Å². The maximum Gasteiger partial charge on any atom is 0.269 e. The number of ether oxygens (including phenoxy) is 1. The normalized spacial score (nSPS) is 13.0. The first kappa shape index (κ1) is 12.7. The molecule has 0 amide bonds. The first-order valence-electron chi connectivity index (χ1n) is 6.70. The number of aryl methyl sites for hydroxylation is 2. The molecular weight excluding hydrogens is 254 g/mol. The van der Waals surface area contributed by atoms with E-state index in [1.165, 1.54) is 23.6 Å². The molecule has 1 aliphatic rings. The Morgan fingerprint density at radius 3 is 2.80 bits per heavy atom. The maximum atomic E-state index is 10.7. The van der Waals surface area contributed by atoms with Crippen molar-refractivity contribution in [2.45, 2.75) is 25.9 Å². The van der Waals surface area contributed by atoms with E-state index >= 15 is 0 Å². The van der Waals surface area contributed by atoms with Crippen molar-refractivity contribution in [2.75, 3.05) is 0 Å². The average Bonchev–Trinajstić information content (AvgIpc) is 2.93. The molecule has 2 aromatic rings. The van der Waals surface area contributed by atoms with E-state index in [0.29, 0.717) is 6.61 Å². The van der Waals surface area contributed by atoms with Gasteiger partial charge in [0.2, 0.25) is 0 Å². The van der Waals surface area contributed by atoms with Crippen LogP contribution in [0.3, 0.4) is 0 Å². The van der Waals surface area contributed by atoms with Gasteiger partial charge in [-0.05, 0) is 48.1 Å². The third-order valence-electron chi connectivity index (χ3n) is 3.60. The number of fused-ring (bicyclic) bond motifs is 1. The largest absolute Gasteiger partial charge is 0.489 e. The van der Waals surface area contributed by atoms with Gasteiger partial charge in [0.1, 0.15) is 12.4 Å². The Labute approximate surface area is 117 Å². The molecule has 0 aromatic heterocycles. The van der Waals surface area contributed by atoms with Crippen molar-refractivity contribution < 1.29 is 9.66 Å². The molecule has 0 aliphatic heterocycles. The molecule has 0 atom stereocenters. The van der Waals surface area contributed by atoms with Crippen LogP contribution in [0.15, 0.2) is 42.5 Å². The quantitative estimate of drug-likeness (QED) is 0.628. The van der Waals surface area contributed by atoms with Crippen LogP contribution in [-0.2, 0) is 19.4 Å². The van der Waals surface area contributed by atoms with Crippen molar-refractivity contribution in [3.8, 4) is 5.75 Å². The Kier molecular flexibility index (Phi) is 3.37. The molecule has 0 bridgehead atoms. The summed E-state index contributed by atoms with van der Waals surface area (Å²) in [6.45, 7) is 0.348. The predicted molar refractivity (Wildman–Crippen MR) is 75.9 cm³/mol. The molecule has 102 valence electrons. The van der Waals surface area contributed by atoms with Crippen LogP contribution in [0.2, 0.25) is 0 Å². The number of hydrogen-bond donors (Lipinski definition) is 0. The fourth-order valence-corrected chi connectivity index (χ4v) is 2.56. The van der Waals surface area contributed by atoms with Crippen LogP contribution in [0, 0.1) is 10.1 Å². The fraction of sp³-hybridized carbons (Fsp3) is 0.250. The number of nitro groups is 1. The zero-order valence-corrected chi connectivity index (χ0v) is 11.0. The smallest absolute Gasteiger partial charge is 0.269 e. The molecule has 0 unspecified atom stereocenters. The minimum absolute atomic E-state index is 0.0973. The standard InChI is InChI=1S/C16H15NO3/c18-17(19)15-6-1-3-12(9-15)11-20-16-8-7-13-4-2-5-14(13)10-16/h1,3,6-10H,2,4-5,11H2. The molecule has 0 spiro atoms. The molecule has 1 aliphatic carbocycles. The lowest BCUT2D eigenvalue weighted by Gasteiger charge is -2.08. The van der Waals surface area contributed by atoms with Crippen LogP contribution in [0.25, 0.3) is 0 Å². The molecule has 0 saturated carbocycles. The summed E-state index contributed by atoms with van der Waals surface area (Å²) < 4.78 is 5.73. The summed E-state index contributed by atoms with van der Waals surface area (Å²) in [6.07, 6.45) is 3.48. The average molecular weight is 269 g/mol. The molecule has 4 nitrogen and oxygen atoms in total. The van der Waals surface area contributed by atoms with Gasteiger partial charge in [0.15, 0.2) is 0 Å². The number of hydrogen-bond acceptors (Lipinski definition) is 3. The Balaban J connectivity index is 1.70. The van der Waals surface area contributed by atoms with Gasteiger partial charge < -0.3 is 4.74 Å². The van der Waals surface area contributed by atoms with Crippen molar-refractivity contribution in [3.05, 3.63) is 69.3 Å². The number of non-ortho nitro benzene ring substituents is 1. The minimum Gasteiger partial charge on any atom is -0.489 e. The minimum atomic E-state index is -0.390. The molecular formula is C16H15NO3. The van der Waals surface area contributed by atoms with Crippen molar-refractivity contribution in [1.29, 1.82) is 0 Å². The number of nitro benzene ring substituents is 1. The van der Waals surface area contributed by atoms with E-state index in [9.17, 15) is 10.1 Å². The second-order valence-electron chi connectivity index (χ2n) is 5.00. The summed E-state index contributed by atoms with van der Waals surface area (Å²) in [5.41, 5.74) is 3.67. The van der Waals surface area contributed by atoms with Gasteiger partial charge in [-0.3, -0.25) is 10.1 Å². The van der Waals surface area contributed by atoms with E-state index in [-0.39, 0.29) is 10.6 Å². The van der Waals surface area contributed by atoms with E-state index < -0.39 is 0 Å².